The molecule has 4 heterocycles. The molecule has 0 N–H and O–H groups in total. The summed E-state index contributed by atoms with van der Waals surface area (Å²) in [4.78, 5) is 16.1. The van der Waals surface area contributed by atoms with Gasteiger partial charge in [0.05, 0.1) is 17.9 Å². The molecule has 0 bridgehead atoms. The molecule has 2 atom stereocenters. The normalized spacial score (nSPS) is 16.3. The van der Waals surface area contributed by atoms with Gasteiger partial charge in [0.2, 0.25) is 0 Å². The van der Waals surface area contributed by atoms with Crippen molar-refractivity contribution in [3.8, 4) is 28.1 Å². The standard InChI is InChI=1S/C68H59N5.Pt/c1-40-24-26-51-53(32-40)54-33-41(2)25-27-52(54)65-63(51)70-66(73(65)64-43(4)30-42(3)31-44(64)5)47-34-46(45-18-12-11-13-19-45)35-49(36-47)71-59-23-17-15-21-56(59)68(9,10)57-38-55-50-20-14-16-22-58(50)72(60(55)39-61(57)71)62-37-48(28-29-69-62)67(6,7)8;/h11-35,37-38,63,65H,1-10H3;/q-2;+2/t63-,65+;/m1./s1. The SMILES string of the molecule is Cc1cc(C)c(N2C(c3[c-]c(N4c5[c-]c6c(cc5C(C)(C)c5ccccc54)c4ccccc4n6-c4cc(C(C)(C)C)ccn4)cc(-c4ccccc4)c3)=N[C@@H]3c4ccc(C)cc4-c4cc(C)ccc4[C@@H]32)c(C)c1.[Pt+2]. The number of nitrogens with zero attached hydrogens (tertiary/aromatic N) is 5. The van der Waals surface area contributed by atoms with Crippen LogP contribution in [0.5, 0.6) is 0 Å². The maximum atomic E-state index is 5.98. The molecule has 0 saturated carbocycles. The van der Waals surface area contributed by atoms with Crippen molar-refractivity contribution in [1.82, 2.24) is 9.55 Å². The number of hydrogen-bond acceptors (Lipinski definition) is 4. The largest absolute Gasteiger partial charge is 2.00 e. The van der Waals surface area contributed by atoms with Gasteiger partial charge in [0, 0.05) is 23.1 Å². The van der Waals surface area contributed by atoms with Crippen molar-refractivity contribution in [1.29, 1.82) is 0 Å². The molecular formula is C68H59N5Pt. The molecule has 366 valence electrons. The van der Waals surface area contributed by atoms with Crippen molar-refractivity contribution in [3.05, 3.63) is 237 Å². The third-order valence-electron chi connectivity index (χ3n) is 16.0. The third kappa shape index (κ3) is 7.36. The van der Waals surface area contributed by atoms with Gasteiger partial charge in [0.25, 0.3) is 0 Å². The molecule has 0 saturated heterocycles. The Kier molecular flexibility index (Phi) is 11.2. The van der Waals surface area contributed by atoms with E-state index in [-0.39, 0.29) is 44.0 Å². The molecule has 2 aliphatic heterocycles. The molecule has 13 rings (SSSR count). The van der Waals surface area contributed by atoms with Crippen LogP contribution in [0.1, 0.15) is 108 Å². The molecule has 0 fully saturated rings. The Bertz CT molecular complexity index is 3940. The van der Waals surface area contributed by atoms with Gasteiger partial charge in [0.1, 0.15) is 5.82 Å². The summed E-state index contributed by atoms with van der Waals surface area (Å²) in [7, 11) is 0. The smallest absolute Gasteiger partial charge is 0.356 e. The summed E-state index contributed by atoms with van der Waals surface area (Å²) in [6.07, 6.45) is 1.95. The zero-order chi connectivity index (χ0) is 50.2. The first kappa shape index (κ1) is 47.7. The quantitative estimate of drug-likeness (QED) is 0.161. The van der Waals surface area contributed by atoms with E-state index in [4.69, 9.17) is 9.98 Å². The Hall–Kier alpha value is -7.33. The average Bonchev–Trinajstić information content (AvgIpc) is 3.92. The molecule has 0 spiro atoms. The molecule has 2 aromatic heterocycles. The number of fused-ring (bicyclic) bond motifs is 11. The molecule has 0 amide bonds. The van der Waals surface area contributed by atoms with Crippen LogP contribution in [0.15, 0.2) is 169 Å². The number of aliphatic imine (C=N–C) groups is 1. The number of anilines is 4. The molecule has 10 aromatic rings. The van der Waals surface area contributed by atoms with Gasteiger partial charge in [-0.05, 0) is 131 Å². The molecule has 3 aliphatic rings. The summed E-state index contributed by atoms with van der Waals surface area (Å²) >= 11 is 0. The second-order valence-corrected chi connectivity index (χ2v) is 22.5. The fourth-order valence-electron chi connectivity index (χ4n) is 12.5. The summed E-state index contributed by atoms with van der Waals surface area (Å²) < 4.78 is 2.32. The number of aryl methyl sites for hydroxylation is 5. The van der Waals surface area contributed by atoms with E-state index in [0.717, 1.165) is 61.8 Å². The molecular weight excluding hydrogens is 1080 g/mol. The summed E-state index contributed by atoms with van der Waals surface area (Å²) in [5.41, 5.74) is 24.1. The van der Waals surface area contributed by atoms with Gasteiger partial charge in [-0.25, -0.2) is 4.98 Å². The Balaban J connectivity index is 0.00000556. The van der Waals surface area contributed by atoms with Crippen molar-refractivity contribution in [2.24, 2.45) is 4.99 Å². The van der Waals surface area contributed by atoms with Crippen molar-refractivity contribution >= 4 is 50.4 Å². The first-order chi connectivity index (χ1) is 35.1. The Morgan fingerprint density at radius 1 is 0.595 bits per heavy atom. The van der Waals surface area contributed by atoms with Gasteiger partial charge >= 0.3 is 21.1 Å². The molecule has 1 aliphatic carbocycles. The minimum absolute atomic E-state index is 0. The van der Waals surface area contributed by atoms with Crippen LogP contribution in [0.3, 0.4) is 0 Å². The zero-order valence-electron chi connectivity index (χ0n) is 43.8. The Labute approximate surface area is 450 Å². The maximum Gasteiger partial charge on any atom is 2.00 e. The van der Waals surface area contributed by atoms with E-state index in [0.29, 0.717) is 0 Å². The van der Waals surface area contributed by atoms with Gasteiger partial charge in [-0.1, -0.05) is 183 Å². The maximum absolute atomic E-state index is 5.98. The van der Waals surface area contributed by atoms with Crippen LogP contribution in [0.25, 0.3) is 49.9 Å². The van der Waals surface area contributed by atoms with Crippen LogP contribution in [-0.4, -0.2) is 15.4 Å². The average molecular weight is 1140 g/mol. The first-order valence-corrected chi connectivity index (χ1v) is 25.8. The van der Waals surface area contributed by atoms with Gasteiger partial charge in [-0.2, -0.15) is 6.07 Å². The summed E-state index contributed by atoms with van der Waals surface area (Å²) in [5, 5.41) is 2.33. The number of rotatable bonds is 5. The zero-order valence-corrected chi connectivity index (χ0v) is 46.1. The second kappa shape index (κ2) is 17.4. The third-order valence-corrected chi connectivity index (χ3v) is 16.0. The minimum Gasteiger partial charge on any atom is -0.356 e. The molecule has 0 radical (unpaired) electrons. The van der Waals surface area contributed by atoms with Crippen LogP contribution in [-0.2, 0) is 31.9 Å². The number of aromatic nitrogens is 2. The number of amidine groups is 1. The Morgan fingerprint density at radius 3 is 2.01 bits per heavy atom. The summed E-state index contributed by atoms with van der Waals surface area (Å²) in [6, 6.07) is 66.7. The van der Waals surface area contributed by atoms with E-state index in [1.54, 1.807) is 0 Å². The van der Waals surface area contributed by atoms with Gasteiger partial charge < -0.3 is 19.4 Å². The van der Waals surface area contributed by atoms with E-state index in [9.17, 15) is 0 Å². The minimum atomic E-state index is -0.361. The van der Waals surface area contributed by atoms with Crippen molar-refractivity contribution in [2.45, 2.75) is 92.2 Å². The van der Waals surface area contributed by atoms with Crippen LogP contribution >= 0.6 is 0 Å². The number of pyridine rings is 1. The van der Waals surface area contributed by atoms with Gasteiger partial charge in [0.15, 0.2) is 0 Å². The Morgan fingerprint density at radius 2 is 1.27 bits per heavy atom. The van der Waals surface area contributed by atoms with Crippen molar-refractivity contribution < 1.29 is 21.1 Å². The number of para-hydroxylation sites is 2. The second-order valence-electron chi connectivity index (χ2n) is 22.5. The van der Waals surface area contributed by atoms with Crippen LogP contribution in [0.2, 0.25) is 0 Å². The van der Waals surface area contributed by atoms with Crippen LogP contribution < -0.4 is 9.80 Å². The fraction of sp³-hybridized carbons (Fsp3) is 0.206. The molecule has 6 heteroatoms. The monoisotopic (exact) mass is 1140 g/mol. The molecule has 5 nitrogen and oxygen atoms in total. The van der Waals surface area contributed by atoms with Crippen molar-refractivity contribution in [3.63, 3.8) is 0 Å². The number of benzene rings is 8. The van der Waals surface area contributed by atoms with Gasteiger partial charge in [-0.3, -0.25) is 0 Å². The van der Waals surface area contributed by atoms with E-state index in [2.05, 4.69) is 253 Å². The van der Waals surface area contributed by atoms with Crippen molar-refractivity contribution in [2.75, 3.05) is 9.80 Å². The van der Waals surface area contributed by atoms with E-state index < -0.39 is 0 Å². The summed E-state index contributed by atoms with van der Waals surface area (Å²) in [6.45, 7) is 22.6. The first-order valence-electron chi connectivity index (χ1n) is 25.8. The van der Waals surface area contributed by atoms with E-state index >= 15 is 0 Å². The van der Waals surface area contributed by atoms with Crippen LogP contribution in [0, 0.1) is 46.8 Å². The summed E-state index contributed by atoms with van der Waals surface area (Å²) in [5.74, 6) is 1.80. The number of hydrogen-bond donors (Lipinski definition) is 0. The predicted octanol–water partition coefficient (Wildman–Crippen LogP) is 17.1. The van der Waals surface area contributed by atoms with E-state index in [1.165, 1.54) is 77.8 Å². The molecule has 74 heavy (non-hydrogen) atoms. The van der Waals surface area contributed by atoms with E-state index in [1.807, 2.05) is 6.20 Å². The topological polar surface area (TPSA) is 36.7 Å². The molecule has 8 aromatic carbocycles. The predicted molar refractivity (Wildman–Crippen MR) is 304 cm³/mol. The molecule has 0 unspecified atom stereocenters. The fourth-order valence-corrected chi connectivity index (χ4v) is 12.5. The van der Waals surface area contributed by atoms with Gasteiger partial charge in [-0.15, -0.1) is 40.8 Å². The van der Waals surface area contributed by atoms with Crippen LogP contribution in [0.4, 0.5) is 22.7 Å².